The van der Waals surface area contributed by atoms with Gasteiger partial charge in [0.1, 0.15) is 0 Å². The van der Waals surface area contributed by atoms with Crippen molar-refractivity contribution < 1.29 is 14.7 Å². The third-order valence-electron chi connectivity index (χ3n) is 1.07. The molecule has 0 aromatic heterocycles. The Kier molecular flexibility index (Phi) is 5.19. The zero-order chi connectivity index (χ0) is 9.56. The van der Waals surface area contributed by atoms with Crippen LogP contribution in [-0.4, -0.2) is 22.4 Å². The first-order valence-electron chi connectivity index (χ1n) is 3.45. The van der Waals surface area contributed by atoms with Crippen LogP contribution in [-0.2, 0) is 9.59 Å². The Morgan fingerprint density at radius 2 is 2.17 bits per heavy atom. The molecule has 0 rings (SSSR count). The average Bonchev–Trinajstić information content (AvgIpc) is 2.00. The van der Waals surface area contributed by atoms with Crippen molar-refractivity contribution in [2.24, 2.45) is 0 Å². The summed E-state index contributed by atoms with van der Waals surface area (Å²) in [6.45, 7) is 1.86. The first kappa shape index (κ1) is 11.0. The van der Waals surface area contributed by atoms with Crippen molar-refractivity contribution in [3.63, 3.8) is 0 Å². The van der Waals surface area contributed by atoms with Gasteiger partial charge in [0.15, 0.2) is 0 Å². The first-order chi connectivity index (χ1) is 5.56. The molecule has 0 aromatic carbocycles. The standard InChI is InChI=1S/C7H11NO3S/c1-2-6(12)8-5(9)3-4-7(10)11/h3-4,6,12H,2H2,1H3,(H,8,9)(H,10,11). The molecule has 0 aromatic rings. The first-order valence-corrected chi connectivity index (χ1v) is 3.97. The van der Waals surface area contributed by atoms with E-state index in [1.54, 1.807) is 0 Å². The van der Waals surface area contributed by atoms with Gasteiger partial charge in [-0.2, -0.15) is 12.6 Å². The highest BCUT2D eigenvalue weighted by Crippen LogP contribution is 1.94. The fourth-order valence-corrected chi connectivity index (χ4v) is 0.589. The number of amides is 1. The van der Waals surface area contributed by atoms with Gasteiger partial charge in [-0.05, 0) is 6.42 Å². The molecule has 0 saturated heterocycles. The maximum Gasteiger partial charge on any atom is 0.328 e. The average molecular weight is 189 g/mol. The van der Waals surface area contributed by atoms with Crippen molar-refractivity contribution in [1.29, 1.82) is 0 Å². The van der Waals surface area contributed by atoms with Gasteiger partial charge in [0.25, 0.3) is 0 Å². The second-order valence-corrected chi connectivity index (χ2v) is 2.73. The van der Waals surface area contributed by atoms with Gasteiger partial charge < -0.3 is 10.4 Å². The molecule has 0 spiro atoms. The summed E-state index contributed by atoms with van der Waals surface area (Å²) < 4.78 is 0. The molecule has 1 unspecified atom stereocenters. The lowest BCUT2D eigenvalue weighted by Crippen LogP contribution is -2.28. The highest BCUT2D eigenvalue weighted by Gasteiger charge is 2.01. The number of nitrogens with one attached hydrogen (secondary N) is 1. The molecule has 68 valence electrons. The van der Waals surface area contributed by atoms with Crippen LogP contribution in [0.1, 0.15) is 13.3 Å². The molecule has 1 amide bonds. The molecule has 0 fully saturated rings. The number of thiol groups is 1. The summed E-state index contributed by atoms with van der Waals surface area (Å²) >= 11 is 4.00. The van der Waals surface area contributed by atoms with E-state index in [9.17, 15) is 9.59 Å². The number of hydrogen-bond acceptors (Lipinski definition) is 3. The second-order valence-electron chi connectivity index (χ2n) is 2.10. The van der Waals surface area contributed by atoms with Crippen LogP contribution in [0.5, 0.6) is 0 Å². The zero-order valence-electron chi connectivity index (χ0n) is 6.65. The summed E-state index contributed by atoms with van der Waals surface area (Å²) in [6.07, 6.45) is 2.43. The number of carbonyl (C=O) groups is 2. The van der Waals surface area contributed by atoms with Crippen molar-refractivity contribution in [2.75, 3.05) is 0 Å². The van der Waals surface area contributed by atoms with Crippen molar-refractivity contribution >= 4 is 24.5 Å². The zero-order valence-corrected chi connectivity index (χ0v) is 7.54. The van der Waals surface area contributed by atoms with Gasteiger partial charge in [-0.3, -0.25) is 4.79 Å². The molecule has 2 N–H and O–H groups in total. The minimum Gasteiger partial charge on any atom is -0.478 e. The number of hydrogen-bond donors (Lipinski definition) is 3. The Balaban J connectivity index is 3.81. The fourth-order valence-electron chi connectivity index (χ4n) is 0.461. The number of aliphatic carboxylic acids is 1. The van der Waals surface area contributed by atoms with E-state index in [2.05, 4.69) is 17.9 Å². The third kappa shape index (κ3) is 5.79. The summed E-state index contributed by atoms with van der Waals surface area (Å²) in [5.41, 5.74) is 0. The lowest BCUT2D eigenvalue weighted by Gasteiger charge is -2.06. The molecule has 0 saturated carbocycles. The monoisotopic (exact) mass is 189 g/mol. The molecule has 0 heterocycles. The Bertz CT molecular complexity index is 203. The normalized spacial score (nSPS) is 12.8. The Morgan fingerprint density at radius 3 is 2.58 bits per heavy atom. The summed E-state index contributed by atoms with van der Waals surface area (Å²) in [6, 6.07) is 0. The number of carboxylic acids is 1. The SMILES string of the molecule is CCC(S)NC(=O)C=CC(=O)O. The van der Waals surface area contributed by atoms with E-state index >= 15 is 0 Å². The molecular formula is C7H11NO3S. The Labute approximate surface area is 76.1 Å². The quantitative estimate of drug-likeness (QED) is 0.341. The third-order valence-corrected chi connectivity index (χ3v) is 1.57. The number of carboxylic acid groups (broad SMARTS) is 1. The van der Waals surface area contributed by atoms with Gasteiger partial charge in [-0.1, -0.05) is 6.92 Å². The largest absolute Gasteiger partial charge is 0.478 e. The maximum absolute atomic E-state index is 10.8. The van der Waals surface area contributed by atoms with Gasteiger partial charge in [-0.25, -0.2) is 4.79 Å². The fraction of sp³-hybridized carbons (Fsp3) is 0.429. The van der Waals surface area contributed by atoms with Crippen LogP contribution in [0.25, 0.3) is 0 Å². The summed E-state index contributed by atoms with van der Waals surface area (Å²) in [5, 5.41) is 10.4. The molecule has 0 aliphatic heterocycles. The lowest BCUT2D eigenvalue weighted by molar-refractivity contribution is -0.131. The van der Waals surface area contributed by atoms with E-state index in [4.69, 9.17) is 5.11 Å². The smallest absolute Gasteiger partial charge is 0.328 e. The summed E-state index contributed by atoms with van der Waals surface area (Å²) in [4.78, 5) is 20.8. The van der Waals surface area contributed by atoms with Gasteiger partial charge in [-0.15, -0.1) is 0 Å². The molecular weight excluding hydrogens is 178 g/mol. The van der Waals surface area contributed by atoms with Crippen molar-refractivity contribution in [1.82, 2.24) is 5.32 Å². The van der Waals surface area contributed by atoms with Crippen LogP contribution in [0.4, 0.5) is 0 Å². The van der Waals surface area contributed by atoms with Crippen LogP contribution in [0.15, 0.2) is 12.2 Å². The van der Waals surface area contributed by atoms with Crippen LogP contribution in [0.2, 0.25) is 0 Å². The van der Waals surface area contributed by atoms with E-state index < -0.39 is 11.9 Å². The predicted molar refractivity (Wildman–Crippen MR) is 48.0 cm³/mol. The van der Waals surface area contributed by atoms with Crippen molar-refractivity contribution in [3.05, 3.63) is 12.2 Å². The van der Waals surface area contributed by atoms with Crippen LogP contribution in [0.3, 0.4) is 0 Å². The van der Waals surface area contributed by atoms with Crippen LogP contribution < -0.4 is 5.32 Å². The Hall–Kier alpha value is -0.970. The van der Waals surface area contributed by atoms with E-state index in [0.717, 1.165) is 12.2 Å². The van der Waals surface area contributed by atoms with Gasteiger partial charge in [0.05, 0.1) is 5.37 Å². The predicted octanol–water partition coefficient (Wildman–Crippen LogP) is 0.409. The Morgan fingerprint density at radius 1 is 1.58 bits per heavy atom. The molecule has 0 aliphatic rings. The van der Waals surface area contributed by atoms with E-state index in [-0.39, 0.29) is 5.37 Å². The van der Waals surface area contributed by atoms with Gasteiger partial charge in [0, 0.05) is 12.2 Å². The molecule has 1 atom stereocenters. The van der Waals surface area contributed by atoms with Crippen molar-refractivity contribution in [2.45, 2.75) is 18.7 Å². The lowest BCUT2D eigenvalue weighted by atomic mass is 10.4. The summed E-state index contributed by atoms with van der Waals surface area (Å²) in [7, 11) is 0. The molecule has 4 nitrogen and oxygen atoms in total. The highest BCUT2D eigenvalue weighted by molar-refractivity contribution is 7.80. The van der Waals surface area contributed by atoms with E-state index in [0.29, 0.717) is 6.42 Å². The van der Waals surface area contributed by atoms with Crippen LogP contribution in [0, 0.1) is 0 Å². The topological polar surface area (TPSA) is 66.4 Å². The molecule has 12 heavy (non-hydrogen) atoms. The van der Waals surface area contributed by atoms with E-state index in [1.807, 2.05) is 6.92 Å². The van der Waals surface area contributed by atoms with Gasteiger partial charge >= 0.3 is 5.97 Å². The second kappa shape index (κ2) is 5.65. The number of rotatable bonds is 4. The van der Waals surface area contributed by atoms with Gasteiger partial charge in [0.2, 0.25) is 5.91 Å². The van der Waals surface area contributed by atoms with Crippen LogP contribution >= 0.6 is 12.6 Å². The minimum absolute atomic E-state index is 0.226. The molecule has 5 heteroatoms. The van der Waals surface area contributed by atoms with E-state index in [1.165, 1.54) is 0 Å². The highest BCUT2D eigenvalue weighted by atomic mass is 32.1. The van der Waals surface area contributed by atoms with Crippen molar-refractivity contribution in [3.8, 4) is 0 Å². The minimum atomic E-state index is -1.14. The summed E-state index contributed by atoms with van der Waals surface area (Å²) in [5.74, 6) is -1.59. The molecule has 0 aliphatic carbocycles. The molecule has 0 bridgehead atoms. The maximum atomic E-state index is 10.8. The number of carbonyl (C=O) groups excluding carboxylic acids is 1. The molecule has 0 radical (unpaired) electrons.